The summed E-state index contributed by atoms with van der Waals surface area (Å²) < 4.78 is 5.26. The van der Waals surface area contributed by atoms with Gasteiger partial charge in [-0.2, -0.15) is 0 Å². The van der Waals surface area contributed by atoms with E-state index < -0.39 is 12.1 Å². The zero-order chi connectivity index (χ0) is 10.0. The Morgan fingerprint density at radius 2 is 1.77 bits per heavy atom. The summed E-state index contributed by atoms with van der Waals surface area (Å²) in [5, 5.41) is 16.7. The molecule has 0 aliphatic carbocycles. The van der Waals surface area contributed by atoms with Gasteiger partial charge < -0.3 is 15.3 Å². The first-order valence-electron chi connectivity index (χ1n) is 4.29. The van der Waals surface area contributed by atoms with Crippen molar-refractivity contribution >= 4 is 0 Å². The standard InChI is InChI=1S/C8H15N3O2/c1-4(2)7-10-11-8(13-7)6(9)5(3)12/h4-6,12H,9H2,1-3H3/t5-,6+/m0/s1. The minimum Gasteiger partial charge on any atom is -0.423 e. The molecular weight excluding hydrogens is 170 g/mol. The van der Waals surface area contributed by atoms with Crippen LogP contribution in [0.1, 0.15) is 44.5 Å². The number of aliphatic hydroxyl groups excluding tert-OH is 1. The SMILES string of the molecule is CC(C)c1nnc([C@H](N)[C@H](C)O)o1. The number of aliphatic hydroxyl groups is 1. The molecule has 13 heavy (non-hydrogen) atoms. The Morgan fingerprint density at radius 1 is 1.23 bits per heavy atom. The Hall–Kier alpha value is -0.940. The van der Waals surface area contributed by atoms with Gasteiger partial charge in [-0.05, 0) is 6.92 Å². The Kier molecular flexibility index (Phi) is 3.00. The lowest BCUT2D eigenvalue weighted by Crippen LogP contribution is -2.23. The molecule has 0 saturated carbocycles. The van der Waals surface area contributed by atoms with Gasteiger partial charge in [0.25, 0.3) is 0 Å². The molecule has 1 rings (SSSR count). The van der Waals surface area contributed by atoms with E-state index in [0.717, 1.165) is 0 Å². The third-order valence-corrected chi connectivity index (χ3v) is 1.76. The molecule has 0 saturated heterocycles. The minimum atomic E-state index is -0.680. The second-order valence-corrected chi connectivity index (χ2v) is 3.40. The highest BCUT2D eigenvalue weighted by molar-refractivity contribution is 4.93. The fourth-order valence-electron chi connectivity index (χ4n) is 0.821. The average Bonchev–Trinajstić information content (AvgIpc) is 2.50. The smallest absolute Gasteiger partial charge is 0.235 e. The zero-order valence-electron chi connectivity index (χ0n) is 8.06. The Balaban J connectivity index is 2.79. The molecule has 0 radical (unpaired) electrons. The third kappa shape index (κ3) is 2.26. The molecule has 5 heteroatoms. The molecule has 1 aromatic rings. The molecule has 0 amide bonds. The van der Waals surface area contributed by atoms with Crippen LogP contribution in [-0.4, -0.2) is 21.4 Å². The molecule has 0 aromatic carbocycles. The molecule has 1 heterocycles. The van der Waals surface area contributed by atoms with Crippen LogP contribution in [0.5, 0.6) is 0 Å². The van der Waals surface area contributed by atoms with E-state index in [-0.39, 0.29) is 5.92 Å². The summed E-state index contributed by atoms with van der Waals surface area (Å²) in [7, 11) is 0. The van der Waals surface area contributed by atoms with Crippen molar-refractivity contribution in [1.29, 1.82) is 0 Å². The van der Waals surface area contributed by atoms with E-state index in [4.69, 9.17) is 15.3 Å². The normalized spacial score (nSPS) is 16.2. The summed E-state index contributed by atoms with van der Waals surface area (Å²) in [6.07, 6.45) is -0.680. The van der Waals surface area contributed by atoms with Crippen molar-refractivity contribution in [2.24, 2.45) is 5.73 Å². The summed E-state index contributed by atoms with van der Waals surface area (Å²) in [5.41, 5.74) is 5.61. The second kappa shape index (κ2) is 3.85. The van der Waals surface area contributed by atoms with Gasteiger partial charge in [-0.1, -0.05) is 13.8 Å². The van der Waals surface area contributed by atoms with Crippen molar-refractivity contribution in [1.82, 2.24) is 10.2 Å². The summed E-state index contributed by atoms with van der Waals surface area (Å²) in [4.78, 5) is 0. The molecule has 0 bridgehead atoms. The topological polar surface area (TPSA) is 85.2 Å². The molecule has 0 aliphatic heterocycles. The van der Waals surface area contributed by atoms with Crippen LogP contribution in [0.4, 0.5) is 0 Å². The van der Waals surface area contributed by atoms with Crippen LogP contribution < -0.4 is 5.73 Å². The van der Waals surface area contributed by atoms with Gasteiger partial charge in [-0.15, -0.1) is 10.2 Å². The van der Waals surface area contributed by atoms with Crippen molar-refractivity contribution in [2.75, 3.05) is 0 Å². The highest BCUT2D eigenvalue weighted by atomic mass is 16.4. The number of hydrogen-bond donors (Lipinski definition) is 2. The van der Waals surface area contributed by atoms with Crippen molar-refractivity contribution in [3.05, 3.63) is 11.8 Å². The predicted molar refractivity (Wildman–Crippen MR) is 47.0 cm³/mol. The molecule has 74 valence electrons. The van der Waals surface area contributed by atoms with Crippen LogP contribution in [0.3, 0.4) is 0 Å². The molecule has 2 atom stereocenters. The first kappa shape index (κ1) is 10.1. The molecule has 1 aromatic heterocycles. The Bertz CT molecular complexity index is 270. The maximum absolute atomic E-state index is 9.17. The lowest BCUT2D eigenvalue weighted by molar-refractivity contribution is 0.149. The maximum atomic E-state index is 9.17. The lowest BCUT2D eigenvalue weighted by atomic mass is 10.2. The van der Waals surface area contributed by atoms with E-state index in [1.165, 1.54) is 0 Å². The molecule has 0 unspecified atom stereocenters. The summed E-state index contributed by atoms with van der Waals surface area (Å²) >= 11 is 0. The average molecular weight is 185 g/mol. The summed E-state index contributed by atoms with van der Waals surface area (Å²) in [6, 6.07) is -0.597. The van der Waals surface area contributed by atoms with E-state index in [0.29, 0.717) is 11.8 Å². The van der Waals surface area contributed by atoms with E-state index in [2.05, 4.69) is 10.2 Å². The van der Waals surface area contributed by atoms with E-state index in [1.54, 1.807) is 6.92 Å². The number of nitrogens with zero attached hydrogens (tertiary/aromatic N) is 2. The first-order valence-corrected chi connectivity index (χ1v) is 4.29. The third-order valence-electron chi connectivity index (χ3n) is 1.76. The lowest BCUT2D eigenvalue weighted by Gasteiger charge is -2.08. The Labute approximate surface area is 77.0 Å². The van der Waals surface area contributed by atoms with Gasteiger partial charge in [0.15, 0.2) is 0 Å². The van der Waals surface area contributed by atoms with Crippen LogP contribution in [0, 0.1) is 0 Å². The molecule has 5 nitrogen and oxygen atoms in total. The highest BCUT2D eigenvalue weighted by Gasteiger charge is 2.19. The van der Waals surface area contributed by atoms with Crippen molar-refractivity contribution in [3.63, 3.8) is 0 Å². The van der Waals surface area contributed by atoms with Crippen molar-refractivity contribution in [2.45, 2.75) is 38.8 Å². The monoisotopic (exact) mass is 185 g/mol. The van der Waals surface area contributed by atoms with Crippen LogP contribution in [0.25, 0.3) is 0 Å². The number of aromatic nitrogens is 2. The molecule has 0 aliphatic rings. The molecule has 3 N–H and O–H groups in total. The minimum absolute atomic E-state index is 0.183. The quantitative estimate of drug-likeness (QED) is 0.719. The fourth-order valence-corrected chi connectivity index (χ4v) is 0.821. The van der Waals surface area contributed by atoms with Crippen LogP contribution in [0.2, 0.25) is 0 Å². The molecular formula is C8H15N3O2. The van der Waals surface area contributed by atoms with Gasteiger partial charge in [-0.3, -0.25) is 0 Å². The van der Waals surface area contributed by atoms with Gasteiger partial charge >= 0.3 is 0 Å². The second-order valence-electron chi connectivity index (χ2n) is 3.40. The van der Waals surface area contributed by atoms with E-state index in [1.807, 2.05) is 13.8 Å². The molecule has 0 fully saturated rings. The van der Waals surface area contributed by atoms with Gasteiger partial charge in [0.1, 0.15) is 6.04 Å². The van der Waals surface area contributed by atoms with E-state index >= 15 is 0 Å². The number of rotatable bonds is 3. The van der Waals surface area contributed by atoms with Crippen LogP contribution in [-0.2, 0) is 0 Å². The molecule has 0 spiro atoms. The largest absolute Gasteiger partial charge is 0.423 e. The number of hydrogen-bond acceptors (Lipinski definition) is 5. The summed E-state index contributed by atoms with van der Waals surface area (Å²) in [5.74, 6) is 1.02. The van der Waals surface area contributed by atoms with Crippen molar-refractivity contribution in [3.8, 4) is 0 Å². The zero-order valence-corrected chi connectivity index (χ0v) is 8.06. The first-order chi connectivity index (χ1) is 6.02. The van der Waals surface area contributed by atoms with Crippen molar-refractivity contribution < 1.29 is 9.52 Å². The van der Waals surface area contributed by atoms with Crippen LogP contribution >= 0.6 is 0 Å². The van der Waals surface area contributed by atoms with E-state index in [9.17, 15) is 0 Å². The highest BCUT2D eigenvalue weighted by Crippen LogP contribution is 2.17. The van der Waals surface area contributed by atoms with Gasteiger partial charge in [0.2, 0.25) is 11.8 Å². The summed E-state index contributed by atoms with van der Waals surface area (Å²) in [6.45, 7) is 5.49. The fraction of sp³-hybridized carbons (Fsp3) is 0.750. The predicted octanol–water partition coefficient (Wildman–Crippen LogP) is 0.574. The van der Waals surface area contributed by atoms with Crippen LogP contribution in [0.15, 0.2) is 4.42 Å². The van der Waals surface area contributed by atoms with Gasteiger partial charge in [0, 0.05) is 5.92 Å². The van der Waals surface area contributed by atoms with Gasteiger partial charge in [0.05, 0.1) is 6.10 Å². The van der Waals surface area contributed by atoms with Gasteiger partial charge in [-0.25, -0.2) is 0 Å². The number of nitrogens with two attached hydrogens (primary N) is 1. The Morgan fingerprint density at radius 3 is 2.15 bits per heavy atom. The maximum Gasteiger partial charge on any atom is 0.235 e.